The van der Waals surface area contributed by atoms with E-state index in [1.54, 1.807) is 7.11 Å². The van der Waals surface area contributed by atoms with Crippen LogP contribution in [-0.2, 0) is 4.74 Å². The van der Waals surface area contributed by atoms with Crippen LogP contribution in [0.2, 0.25) is 0 Å². The highest BCUT2D eigenvalue weighted by Crippen LogP contribution is 2.23. The molecule has 1 aromatic rings. The summed E-state index contributed by atoms with van der Waals surface area (Å²) in [6.07, 6.45) is 2.35. The van der Waals surface area contributed by atoms with Gasteiger partial charge in [0.05, 0.1) is 26.4 Å². The summed E-state index contributed by atoms with van der Waals surface area (Å²) >= 11 is 0. The molecule has 0 saturated carbocycles. The van der Waals surface area contributed by atoms with Crippen molar-refractivity contribution in [3.63, 3.8) is 0 Å². The first-order chi connectivity index (χ1) is 12.7. The van der Waals surface area contributed by atoms with Gasteiger partial charge < -0.3 is 19.7 Å². The van der Waals surface area contributed by atoms with E-state index in [1.165, 1.54) is 18.4 Å². The van der Waals surface area contributed by atoms with Crippen molar-refractivity contribution >= 4 is 5.96 Å². The number of methoxy groups -OCH3 is 1. The Morgan fingerprint density at radius 3 is 2.58 bits per heavy atom. The number of hydrogen-bond donors (Lipinski definition) is 1. The lowest BCUT2D eigenvalue weighted by Crippen LogP contribution is -2.46. The molecule has 2 rings (SSSR count). The van der Waals surface area contributed by atoms with E-state index in [1.807, 2.05) is 19.2 Å². The molecule has 26 heavy (non-hydrogen) atoms. The van der Waals surface area contributed by atoms with Crippen LogP contribution in [0, 0.1) is 0 Å². The van der Waals surface area contributed by atoms with E-state index < -0.39 is 0 Å². The van der Waals surface area contributed by atoms with Gasteiger partial charge in [-0.3, -0.25) is 9.89 Å². The molecule has 0 aromatic heterocycles. The first-order valence-electron chi connectivity index (χ1n) is 9.57. The maximum Gasteiger partial charge on any atom is 0.193 e. The summed E-state index contributed by atoms with van der Waals surface area (Å²) in [6, 6.07) is 8.66. The lowest BCUT2D eigenvalue weighted by molar-refractivity contribution is 0.0169. The van der Waals surface area contributed by atoms with Gasteiger partial charge >= 0.3 is 0 Å². The zero-order valence-electron chi connectivity index (χ0n) is 16.7. The smallest absolute Gasteiger partial charge is 0.193 e. The molecule has 0 spiro atoms. The van der Waals surface area contributed by atoms with Gasteiger partial charge in [0.15, 0.2) is 5.96 Å². The van der Waals surface area contributed by atoms with Crippen LogP contribution in [0.4, 0.5) is 0 Å². The molecule has 0 amide bonds. The van der Waals surface area contributed by atoms with Crippen LogP contribution in [0.5, 0.6) is 5.75 Å². The number of rotatable bonds is 8. The Hall–Kier alpha value is -1.79. The Kier molecular flexibility index (Phi) is 8.71. The molecule has 0 aliphatic carbocycles. The van der Waals surface area contributed by atoms with E-state index in [9.17, 15) is 0 Å². The number of nitrogens with zero attached hydrogens (tertiary/aromatic N) is 3. The van der Waals surface area contributed by atoms with Crippen LogP contribution < -0.4 is 10.1 Å². The highest BCUT2D eigenvalue weighted by atomic mass is 16.5. The van der Waals surface area contributed by atoms with E-state index in [0.717, 1.165) is 51.1 Å². The third-order valence-corrected chi connectivity index (χ3v) is 4.86. The summed E-state index contributed by atoms with van der Waals surface area (Å²) in [6.45, 7) is 7.51. The van der Waals surface area contributed by atoms with Crippen LogP contribution >= 0.6 is 0 Å². The molecule has 1 N–H and O–H groups in total. The summed E-state index contributed by atoms with van der Waals surface area (Å²) in [4.78, 5) is 9.13. The largest absolute Gasteiger partial charge is 0.497 e. The SMILES string of the molecule is CCCCN(C)C(=NC)NCC(c1ccc(OC)cc1)N1CCOCC1. The fraction of sp³-hybridized carbons (Fsp3) is 0.650. The minimum Gasteiger partial charge on any atom is -0.497 e. The zero-order valence-corrected chi connectivity index (χ0v) is 16.7. The van der Waals surface area contributed by atoms with E-state index in [0.29, 0.717) is 0 Å². The van der Waals surface area contributed by atoms with Crippen LogP contribution in [0.1, 0.15) is 31.4 Å². The molecule has 1 heterocycles. The summed E-state index contributed by atoms with van der Waals surface area (Å²) in [5, 5.41) is 3.56. The molecule has 1 aromatic carbocycles. The molecule has 1 aliphatic rings. The average molecular weight is 363 g/mol. The second kappa shape index (κ2) is 11.0. The predicted molar refractivity (Wildman–Crippen MR) is 107 cm³/mol. The Bertz CT molecular complexity index is 541. The molecule has 1 saturated heterocycles. The average Bonchev–Trinajstić information content (AvgIpc) is 2.70. The van der Waals surface area contributed by atoms with Gasteiger partial charge in [0.1, 0.15) is 5.75 Å². The first kappa shape index (κ1) is 20.5. The number of morpholine rings is 1. The molecule has 6 heteroatoms. The third kappa shape index (κ3) is 5.88. The second-order valence-corrected chi connectivity index (χ2v) is 6.64. The van der Waals surface area contributed by atoms with Crippen LogP contribution in [-0.4, -0.2) is 76.4 Å². The molecule has 1 aliphatic heterocycles. The van der Waals surface area contributed by atoms with Gasteiger partial charge in [-0.2, -0.15) is 0 Å². The van der Waals surface area contributed by atoms with Crippen LogP contribution in [0.25, 0.3) is 0 Å². The summed E-state index contributed by atoms with van der Waals surface area (Å²) in [5.74, 6) is 1.84. The number of nitrogens with one attached hydrogen (secondary N) is 1. The molecule has 1 atom stereocenters. The molecule has 146 valence electrons. The lowest BCUT2D eigenvalue weighted by atomic mass is 10.0. The predicted octanol–water partition coefficient (Wildman–Crippen LogP) is 2.38. The normalized spacial score (nSPS) is 17.0. The molecular formula is C20H34N4O2. The van der Waals surface area contributed by atoms with E-state index in [4.69, 9.17) is 9.47 Å². The highest BCUT2D eigenvalue weighted by molar-refractivity contribution is 5.79. The van der Waals surface area contributed by atoms with E-state index in [2.05, 4.69) is 46.2 Å². The quantitative estimate of drug-likeness (QED) is 0.568. The molecular weight excluding hydrogens is 328 g/mol. The lowest BCUT2D eigenvalue weighted by Gasteiger charge is -2.35. The van der Waals surface area contributed by atoms with Gasteiger partial charge in [-0.1, -0.05) is 25.5 Å². The molecule has 0 radical (unpaired) electrons. The van der Waals surface area contributed by atoms with Gasteiger partial charge in [0.25, 0.3) is 0 Å². The summed E-state index contributed by atoms with van der Waals surface area (Å²) < 4.78 is 10.8. The third-order valence-electron chi connectivity index (χ3n) is 4.86. The monoisotopic (exact) mass is 362 g/mol. The zero-order chi connectivity index (χ0) is 18.8. The van der Waals surface area contributed by atoms with Crippen molar-refractivity contribution in [3.05, 3.63) is 29.8 Å². The maximum atomic E-state index is 5.54. The Balaban J connectivity index is 2.07. The fourth-order valence-electron chi connectivity index (χ4n) is 3.25. The van der Waals surface area contributed by atoms with Crippen molar-refractivity contribution < 1.29 is 9.47 Å². The van der Waals surface area contributed by atoms with Gasteiger partial charge in [0, 0.05) is 40.3 Å². The van der Waals surface area contributed by atoms with E-state index >= 15 is 0 Å². The minimum atomic E-state index is 0.279. The Labute approximate surface area is 158 Å². The van der Waals surface area contributed by atoms with Crippen molar-refractivity contribution in [1.29, 1.82) is 0 Å². The number of benzene rings is 1. The molecule has 6 nitrogen and oxygen atoms in total. The van der Waals surface area contributed by atoms with Crippen molar-refractivity contribution in [1.82, 2.24) is 15.1 Å². The molecule has 1 fully saturated rings. The number of ether oxygens (including phenoxy) is 2. The van der Waals surface area contributed by atoms with Crippen molar-refractivity contribution in [2.45, 2.75) is 25.8 Å². The second-order valence-electron chi connectivity index (χ2n) is 6.64. The van der Waals surface area contributed by atoms with Crippen LogP contribution in [0.3, 0.4) is 0 Å². The number of unbranched alkanes of at least 4 members (excludes halogenated alkanes) is 1. The fourth-order valence-corrected chi connectivity index (χ4v) is 3.25. The number of hydrogen-bond acceptors (Lipinski definition) is 4. The highest BCUT2D eigenvalue weighted by Gasteiger charge is 2.23. The minimum absolute atomic E-state index is 0.279. The number of aliphatic imine (C=N–C) groups is 1. The van der Waals surface area contributed by atoms with Gasteiger partial charge in [-0.15, -0.1) is 0 Å². The van der Waals surface area contributed by atoms with Crippen molar-refractivity contribution in [2.24, 2.45) is 4.99 Å². The van der Waals surface area contributed by atoms with E-state index in [-0.39, 0.29) is 6.04 Å². The van der Waals surface area contributed by atoms with Gasteiger partial charge in [-0.25, -0.2) is 0 Å². The first-order valence-corrected chi connectivity index (χ1v) is 9.57. The van der Waals surface area contributed by atoms with Crippen molar-refractivity contribution in [3.8, 4) is 5.75 Å². The Morgan fingerprint density at radius 2 is 2.00 bits per heavy atom. The molecule has 0 bridgehead atoms. The van der Waals surface area contributed by atoms with Gasteiger partial charge in [-0.05, 0) is 24.1 Å². The molecule has 1 unspecified atom stereocenters. The van der Waals surface area contributed by atoms with Gasteiger partial charge in [0.2, 0.25) is 0 Å². The summed E-state index contributed by atoms with van der Waals surface area (Å²) in [7, 11) is 5.65. The van der Waals surface area contributed by atoms with Crippen LogP contribution in [0.15, 0.2) is 29.3 Å². The standard InChI is InChI=1S/C20H34N4O2/c1-5-6-11-23(3)20(21-2)22-16-19(24-12-14-26-15-13-24)17-7-9-18(25-4)10-8-17/h7-10,19H,5-6,11-16H2,1-4H3,(H,21,22). The van der Waals surface area contributed by atoms with Crippen molar-refractivity contribution in [2.75, 3.05) is 60.6 Å². The summed E-state index contributed by atoms with van der Waals surface area (Å²) in [5.41, 5.74) is 1.28. The topological polar surface area (TPSA) is 49.3 Å². The Morgan fingerprint density at radius 1 is 1.31 bits per heavy atom. The maximum absolute atomic E-state index is 5.54. The number of guanidine groups is 1.